The molecule has 0 aromatic carbocycles. The highest BCUT2D eigenvalue weighted by atomic mass is 16.6. The minimum Gasteiger partial charge on any atom is -0.462 e. The predicted molar refractivity (Wildman–Crippen MR) is 353 cm³/mol. The summed E-state index contributed by atoms with van der Waals surface area (Å²) in [5.41, 5.74) is 0. The molecule has 0 aliphatic heterocycles. The second-order valence-corrected chi connectivity index (χ2v) is 22.7. The molecule has 464 valence electrons. The Balaban J connectivity index is 4.02. The van der Waals surface area contributed by atoms with Crippen LogP contribution in [0.5, 0.6) is 0 Å². The van der Waals surface area contributed by atoms with Gasteiger partial charge in [-0.15, -0.1) is 0 Å². The van der Waals surface area contributed by atoms with E-state index in [9.17, 15) is 14.4 Å². The highest BCUT2D eigenvalue weighted by Crippen LogP contribution is 2.17. The summed E-state index contributed by atoms with van der Waals surface area (Å²) in [6.45, 7) is 6.43. The van der Waals surface area contributed by atoms with Gasteiger partial charge in [-0.3, -0.25) is 14.4 Å². The van der Waals surface area contributed by atoms with Crippen molar-refractivity contribution in [2.75, 3.05) is 13.2 Å². The quantitative estimate of drug-likeness (QED) is 0.0261. The topological polar surface area (TPSA) is 78.9 Å². The molecule has 0 fully saturated rings. The fraction of sp³-hybridized carbons (Fsp3) is 0.720. The van der Waals surface area contributed by atoms with E-state index < -0.39 is 6.10 Å². The molecule has 81 heavy (non-hydrogen) atoms. The summed E-state index contributed by atoms with van der Waals surface area (Å²) in [6.07, 6.45) is 94.6. The number of esters is 3. The molecule has 0 amide bonds. The first-order valence-electron chi connectivity index (χ1n) is 34.4. The van der Waals surface area contributed by atoms with E-state index in [1.165, 1.54) is 167 Å². The zero-order valence-corrected chi connectivity index (χ0v) is 53.3. The Morgan fingerprint density at radius 1 is 0.259 bits per heavy atom. The van der Waals surface area contributed by atoms with Crippen molar-refractivity contribution in [2.45, 2.75) is 335 Å². The van der Waals surface area contributed by atoms with E-state index in [1.54, 1.807) is 0 Å². The maximum atomic E-state index is 12.8. The number of carbonyl (C=O) groups excluding carboxylic acids is 3. The first-order valence-corrected chi connectivity index (χ1v) is 34.4. The molecule has 0 aromatic rings. The van der Waals surface area contributed by atoms with Crippen LogP contribution in [0.3, 0.4) is 0 Å². The van der Waals surface area contributed by atoms with Crippen LogP contribution in [0.2, 0.25) is 0 Å². The van der Waals surface area contributed by atoms with Crippen LogP contribution in [0.25, 0.3) is 0 Å². The summed E-state index contributed by atoms with van der Waals surface area (Å²) in [7, 11) is 0. The van der Waals surface area contributed by atoms with Gasteiger partial charge >= 0.3 is 17.9 Å². The van der Waals surface area contributed by atoms with E-state index in [0.717, 1.165) is 122 Å². The van der Waals surface area contributed by atoms with Gasteiger partial charge in [-0.25, -0.2) is 0 Å². The predicted octanol–water partition coefficient (Wildman–Crippen LogP) is 23.8. The fourth-order valence-electron chi connectivity index (χ4n) is 9.63. The lowest BCUT2D eigenvalue weighted by Gasteiger charge is -2.18. The molecule has 0 heterocycles. The van der Waals surface area contributed by atoms with E-state index >= 15 is 0 Å². The van der Waals surface area contributed by atoms with Gasteiger partial charge < -0.3 is 14.2 Å². The largest absolute Gasteiger partial charge is 0.462 e. The number of hydrogen-bond donors (Lipinski definition) is 0. The lowest BCUT2D eigenvalue weighted by molar-refractivity contribution is -0.167. The third-order valence-electron chi connectivity index (χ3n) is 14.8. The van der Waals surface area contributed by atoms with Crippen LogP contribution < -0.4 is 0 Å². The number of hydrogen-bond acceptors (Lipinski definition) is 6. The van der Waals surface area contributed by atoms with E-state index in [0.29, 0.717) is 12.8 Å². The molecule has 0 aliphatic carbocycles. The summed E-state index contributed by atoms with van der Waals surface area (Å²) in [4.78, 5) is 38.0. The standard InChI is InChI=1S/C75H128O6/c1-4-7-10-13-15-17-19-21-23-25-27-29-31-33-34-35-36-37-38-39-40-42-43-45-47-49-51-53-55-57-59-62-65-68-74(77)80-71-72(70-79-73(76)67-64-61-12-9-6-3)81-75(78)69-66-63-60-58-56-54-52-50-48-46-44-41-32-30-28-26-24-22-20-18-16-14-11-8-5-2/h8,11,16,18-19,21-22,24-25,27-28,30,41,44,48,50,54,56,72H,4-7,9-10,12-15,17,20,23,26,29,31-40,42-43,45-47,49,51-53,55,57-71H2,1-3H3/b11-8-,18-16-,21-19-,24-22-,27-25-,30-28-,44-41-,50-48-,56-54-. The van der Waals surface area contributed by atoms with Crippen molar-refractivity contribution >= 4 is 17.9 Å². The van der Waals surface area contributed by atoms with Gasteiger partial charge in [0.25, 0.3) is 0 Å². The molecule has 0 N–H and O–H groups in total. The maximum absolute atomic E-state index is 12.8. The SMILES string of the molecule is CC/C=C\C/C=C\C/C=C\C/C=C\C/C=C\C/C=C\C/C=C\CCCCCC(=O)OC(COC(=O)CCCCCCC)COC(=O)CCCCCCCCCCCCCCCCCCCCCCC/C=C\C/C=C\CCCCCCC. The van der Waals surface area contributed by atoms with Gasteiger partial charge in [-0.05, 0) is 109 Å². The summed E-state index contributed by atoms with van der Waals surface area (Å²) in [5.74, 6) is -0.929. The van der Waals surface area contributed by atoms with E-state index in [4.69, 9.17) is 14.2 Å². The molecule has 6 nitrogen and oxygen atoms in total. The summed E-state index contributed by atoms with van der Waals surface area (Å²) >= 11 is 0. The van der Waals surface area contributed by atoms with Gasteiger partial charge in [0.05, 0.1) is 0 Å². The monoisotopic (exact) mass is 1120 g/mol. The molecule has 1 unspecified atom stereocenters. The van der Waals surface area contributed by atoms with Crippen molar-refractivity contribution in [2.24, 2.45) is 0 Å². The van der Waals surface area contributed by atoms with Crippen molar-refractivity contribution < 1.29 is 28.6 Å². The molecule has 0 saturated carbocycles. The van der Waals surface area contributed by atoms with E-state index in [1.807, 2.05) is 0 Å². The fourth-order valence-corrected chi connectivity index (χ4v) is 9.63. The molecule has 0 radical (unpaired) electrons. The molecule has 0 spiro atoms. The maximum Gasteiger partial charge on any atom is 0.306 e. The van der Waals surface area contributed by atoms with Crippen molar-refractivity contribution in [1.29, 1.82) is 0 Å². The number of rotatable bonds is 62. The zero-order chi connectivity index (χ0) is 58.5. The van der Waals surface area contributed by atoms with Crippen LogP contribution in [0.1, 0.15) is 329 Å². The Hall–Kier alpha value is -3.93. The van der Waals surface area contributed by atoms with Gasteiger partial charge in [-0.2, -0.15) is 0 Å². The Morgan fingerprint density at radius 2 is 0.481 bits per heavy atom. The zero-order valence-electron chi connectivity index (χ0n) is 53.3. The number of carbonyl (C=O) groups is 3. The van der Waals surface area contributed by atoms with Crippen LogP contribution >= 0.6 is 0 Å². The highest BCUT2D eigenvalue weighted by Gasteiger charge is 2.19. The van der Waals surface area contributed by atoms with Gasteiger partial charge in [0, 0.05) is 19.3 Å². The molecule has 0 saturated heterocycles. The molecule has 6 heteroatoms. The molecule has 0 bridgehead atoms. The third kappa shape index (κ3) is 66.8. The number of allylic oxidation sites excluding steroid dienone is 18. The molecule has 0 aromatic heterocycles. The van der Waals surface area contributed by atoms with Crippen LogP contribution in [-0.4, -0.2) is 37.2 Å². The third-order valence-corrected chi connectivity index (χ3v) is 14.8. The molecular formula is C75H128O6. The lowest BCUT2D eigenvalue weighted by atomic mass is 10.0. The molecule has 1 atom stereocenters. The summed E-state index contributed by atoms with van der Waals surface area (Å²) in [5, 5.41) is 0. The lowest BCUT2D eigenvalue weighted by Crippen LogP contribution is -2.30. The Labute approximate surface area is 501 Å². The van der Waals surface area contributed by atoms with Crippen molar-refractivity contribution in [3.8, 4) is 0 Å². The average molecular weight is 1130 g/mol. The molecule has 0 rings (SSSR count). The molecule has 0 aliphatic rings. The highest BCUT2D eigenvalue weighted by molar-refractivity contribution is 5.71. The number of ether oxygens (including phenoxy) is 3. The van der Waals surface area contributed by atoms with Gasteiger partial charge in [0.1, 0.15) is 13.2 Å². The van der Waals surface area contributed by atoms with Crippen molar-refractivity contribution in [3.05, 3.63) is 109 Å². The minimum atomic E-state index is -0.793. The van der Waals surface area contributed by atoms with Gasteiger partial charge in [0.2, 0.25) is 0 Å². The summed E-state index contributed by atoms with van der Waals surface area (Å²) in [6, 6.07) is 0. The Morgan fingerprint density at radius 3 is 0.765 bits per heavy atom. The second kappa shape index (κ2) is 68.6. The van der Waals surface area contributed by atoms with Crippen LogP contribution in [-0.2, 0) is 28.6 Å². The average Bonchev–Trinajstić information content (AvgIpc) is 3.47. The Kier molecular flexibility index (Phi) is 65.2. The molecular weight excluding hydrogens is 997 g/mol. The number of unbranched alkanes of at least 4 members (excludes halogenated alkanes) is 33. The Bertz CT molecular complexity index is 1620. The van der Waals surface area contributed by atoms with Gasteiger partial charge in [-0.1, -0.05) is 310 Å². The summed E-state index contributed by atoms with van der Waals surface area (Å²) < 4.78 is 16.8. The van der Waals surface area contributed by atoms with Gasteiger partial charge in [0.15, 0.2) is 6.10 Å². The first kappa shape index (κ1) is 77.1. The van der Waals surface area contributed by atoms with E-state index in [2.05, 4.69) is 130 Å². The minimum absolute atomic E-state index is 0.0901. The smallest absolute Gasteiger partial charge is 0.306 e. The van der Waals surface area contributed by atoms with Crippen LogP contribution in [0, 0.1) is 0 Å². The van der Waals surface area contributed by atoms with Crippen molar-refractivity contribution in [1.82, 2.24) is 0 Å². The van der Waals surface area contributed by atoms with Crippen LogP contribution in [0.15, 0.2) is 109 Å². The normalized spacial score (nSPS) is 12.8. The van der Waals surface area contributed by atoms with E-state index in [-0.39, 0.29) is 37.5 Å². The second-order valence-electron chi connectivity index (χ2n) is 22.7. The van der Waals surface area contributed by atoms with Crippen molar-refractivity contribution in [3.63, 3.8) is 0 Å². The van der Waals surface area contributed by atoms with Crippen LogP contribution in [0.4, 0.5) is 0 Å². The first-order chi connectivity index (χ1) is 40.0.